The Balaban J connectivity index is 1.59. The number of aromatic nitrogens is 2. The number of carbonyl (C=O) groups excluding carboxylic acids is 1. The molecule has 0 saturated carbocycles. The summed E-state index contributed by atoms with van der Waals surface area (Å²) >= 11 is 7.35. The summed E-state index contributed by atoms with van der Waals surface area (Å²) in [4.78, 5) is 21.3. The van der Waals surface area contributed by atoms with Crippen molar-refractivity contribution in [1.29, 1.82) is 0 Å². The molecule has 1 saturated heterocycles. The van der Waals surface area contributed by atoms with Crippen molar-refractivity contribution in [2.75, 3.05) is 44.1 Å². The zero-order valence-electron chi connectivity index (χ0n) is 15.9. The monoisotopic (exact) mass is 408 g/mol. The molecule has 1 aromatic heterocycles. The molecule has 27 heavy (non-hydrogen) atoms. The highest BCUT2D eigenvalue weighted by Gasteiger charge is 2.33. The molecule has 1 amide bonds. The molecule has 3 rings (SSSR count). The molecule has 0 bridgehead atoms. The van der Waals surface area contributed by atoms with Gasteiger partial charge in [-0.15, -0.1) is 11.6 Å². The highest BCUT2D eigenvalue weighted by Crippen LogP contribution is 2.25. The summed E-state index contributed by atoms with van der Waals surface area (Å²) in [6.45, 7) is 6.68. The Morgan fingerprint density at radius 2 is 2.04 bits per heavy atom. The van der Waals surface area contributed by atoms with E-state index in [-0.39, 0.29) is 5.91 Å². The summed E-state index contributed by atoms with van der Waals surface area (Å²) in [6, 6.07) is 7.95. The van der Waals surface area contributed by atoms with E-state index in [2.05, 4.69) is 14.3 Å². The van der Waals surface area contributed by atoms with Crippen LogP contribution < -0.4 is 9.64 Å². The van der Waals surface area contributed by atoms with E-state index in [1.165, 1.54) is 11.5 Å². The van der Waals surface area contributed by atoms with Gasteiger partial charge in [-0.3, -0.25) is 4.79 Å². The number of alkyl halides is 1. The average Bonchev–Trinajstić information content (AvgIpc) is 3.16. The van der Waals surface area contributed by atoms with E-state index >= 15 is 0 Å². The summed E-state index contributed by atoms with van der Waals surface area (Å²) < 4.78 is 9.77. The molecule has 0 radical (unpaired) electrons. The number of rotatable bonds is 6. The Bertz CT molecular complexity index is 788. The van der Waals surface area contributed by atoms with Gasteiger partial charge in [0.15, 0.2) is 0 Å². The van der Waals surface area contributed by atoms with Crippen molar-refractivity contribution in [3.8, 4) is 5.75 Å². The number of halogens is 1. The van der Waals surface area contributed by atoms with Gasteiger partial charge < -0.3 is 14.5 Å². The molecular formula is C19H25ClN4O2S. The van der Waals surface area contributed by atoms with Gasteiger partial charge in [0, 0.05) is 50.0 Å². The maximum Gasteiger partial charge on any atom is 0.229 e. The second-order valence-electron chi connectivity index (χ2n) is 7.32. The predicted octanol–water partition coefficient (Wildman–Crippen LogP) is 3.05. The lowest BCUT2D eigenvalue weighted by molar-refractivity contribution is -0.139. The SMILES string of the molecule is COc1cccc(Cc2nsc(N3CCN(C(=O)C(C)(C)CCl)CC3)n2)c1. The number of carbonyl (C=O) groups is 1. The molecule has 146 valence electrons. The highest BCUT2D eigenvalue weighted by molar-refractivity contribution is 7.09. The summed E-state index contributed by atoms with van der Waals surface area (Å²) in [5, 5.41) is 0.914. The summed E-state index contributed by atoms with van der Waals surface area (Å²) in [5.41, 5.74) is 0.605. The second-order valence-corrected chi connectivity index (χ2v) is 8.32. The van der Waals surface area contributed by atoms with Crippen LogP contribution in [0.1, 0.15) is 25.2 Å². The normalized spacial score (nSPS) is 15.1. The van der Waals surface area contributed by atoms with Gasteiger partial charge in [0.1, 0.15) is 11.6 Å². The van der Waals surface area contributed by atoms with Crippen LogP contribution in [0, 0.1) is 5.41 Å². The quantitative estimate of drug-likeness (QED) is 0.687. The number of piperazine rings is 1. The first-order chi connectivity index (χ1) is 12.9. The van der Waals surface area contributed by atoms with Crippen molar-refractivity contribution in [3.63, 3.8) is 0 Å². The van der Waals surface area contributed by atoms with Crippen molar-refractivity contribution < 1.29 is 9.53 Å². The van der Waals surface area contributed by atoms with Crippen LogP contribution in [0.25, 0.3) is 0 Å². The largest absolute Gasteiger partial charge is 0.497 e. The predicted molar refractivity (Wildman–Crippen MR) is 109 cm³/mol. The van der Waals surface area contributed by atoms with Crippen LogP contribution >= 0.6 is 23.1 Å². The van der Waals surface area contributed by atoms with Crippen LogP contribution in [-0.4, -0.2) is 59.3 Å². The molecule has 1 aliphatic rings. The third-order valence-electron chi connectivity index (χ3n) is 4.70. The van der Waals surface area contributed by atoms with E-state index < -0.39 is 5.41 Å². The van der Waals surface area contributed by atoms with Crippen LogP contribution in [0.5, 0.6) is 5.75 Å². The van der Waals surface area contributed by atoms with E-state index in [4.69, 9.17) is 16.3 Å². The van der Waals surface area contributed by atoms with E-state index in [0.717, 1.165) is 35.4 Å². The van der Waals surface area contributed by atoms with E-state index in [1.807, 2.05) is 43.0 Å². The standard InChI is InChI=1S/C19H25ClN4O2S/c1-19(2,13-20)17(25)23-7-9-24(10-8-23)18-21-16(22-27-18)12-14-5-4-6-15(11-14)26-3/h4-6,11H,7-10,12-13H2,1-3H3. The van der Waals surface area contributed by atoms with Gasteiger partial charge in [-0.1, -0.05) is 12.1 Å². The molecule has 1 fully saturated rings. The number of anilines is 1. The second kappa shape index (κ2) is 8.44. The maximum absolute atomic E-state index is 12.5. The number of amides is 1. The minimum atomic E-state index is -0.517. The summed E-state index contributed by atoms with van der Waals surface area (Å²) in [6.07, 6.45) is 0.677. The Hall–Kier alpha value is -1.86. The van der Waals surface area contributed by atoms with Crippen LogP contribution in [0.4, 0.5) is 5.13 Å². The number of ether oxygens (including phenoxy) is 1. The zero-order chi connectivity index (χ0) is 19.4. The number of nitrogens with zero attached hydrogens (tertiary/aromatic N) is 4. The van der Waals surface area contributed by atoms with Gasteiger partial charge in [0.05, 0.1) is 12.5 Å². The topological polar surface area (TPSA) is 58.6 Å². The minimum Gasteiger partial charge on any atom is -0.497 e. The zero-order valence-corrected chi connectivity index (χ0v) is 17.5. The fourth-order valence-corrected chi connectivity index (χ4v) is 3.85. The number of hydrogen-bond acceptors (Lipinski definition) is 6. The minimum absolute atomic E-state index is 0.119. The van der Waals surface area contributed by atoms with E-state index in [1.54, 1.807) is 7.11 Å². The van der Waals surface area contributed by atoms with Crippen molar-refractivity contribution >= 4 is 34.2 Å². The molecule has 6 nitrogen and oxygen atoms in total. The summed E-state index contributed by atoms with van der Waals surface area (Å²) in [5.74, 6) is 2.09. The maximum atomic E-state index is 12.5. The molecule has 0 N–H and O–H groups in total. The molecule has 2 aromatic rings. The smallest absolute Gasteiger partial charge is 0.229 e. The third kappa shape index (κ3) is 4.71. The number of hydrogen-bond donors (Lipinski definition) is 0. The highest BCUT2D eigenvalue weighted by atomic mass is 35.5. The molecular weight excluding hydrogens is 384 g/mol. The lowest BCUT2D eigenvalue weighted by Crippen LogP contribution is -2.52. The lowest BCUT2D eigenvalue weighted by atomic mass is 9.94. The van der Waals surface area contributed by atoms with Gasteiger partial charge in [-0.2, -0.15) is 4.37 Å². The van der Waals surface area contributed by atoms with Gasteiger partial charge in [-0.05, 0) is 31.5 Å². The van der Waals surface area contributed by atoms with E-state index in [0.29, 0.717) is 25.4 Å². The van der Waals surface area contributed by atoms with Crippen molar-refractivity contribution in [2.24, 2.45) is 5.41 Å². The number of methoxy groups -OCH3 is 1. The molecule has 0 unspecified atom stereocenters. The van der Waals surface area contributed by atoms with Gasteiger partial charge in [0.25, 0.3) is 0 Å². The average molecular weight is 409 g/mol. The fourth-order valence-electron chi connectivity index (χ4n) is 3.00. The van der Waals surface area contributed by atoms with Crippen molar-refractivity contribution in [2.45, 2.75) is 20.3 Å². The summed E-state index contributed by atoms with van der Waals surface area (Å²) in [7, 11) is 1.66. The van der Waals surface area contributed by atoms with Crippen molar-refractivity contribution in [1.82, 2.24) is 14.3 Å². The Kier molecular flexibility index (Phi) is 6.22. The van der Waals surface area contributed by atoms with Gasteiger partial charge in [0.2, 0.25) is 11.0 Å². The Morgan fingerprint density at radius 3 is 2.70 bits per heavy atom. The molecule has 8 heteroatoms. The first-order valence-electron chi connectivity index (χ1n) is 8.99. The van der Waals surface area contributed by atoms with Crippen LogP contribution in [0.3, 0.4) is 0 Å². The molecule has 1 aromatic carbocycles. The molecule has 0 atom stereocenters. The Morgan fingerprint density at radius 1 is 1.30 bits per heavy atom. The first kappa shape index (κ1) is 19.9. The first-order valence-corrected chi connectivity index (χ1v) is 10.3. The Labute approximate surface area is 169 Å². The van der Waals surface area contributed by atoms with Crippen LogP contribution in [0.15, 0.2) is 24.3 Å². The third-order valence-corrected chi connectivity index (χ3v) is 6.19. The van der Waals surface area contributed by atoms with Crippen molar-refractivity contribution in [3.05, 3.63) is 35.7 Å². The lowest BCUT2D eigenvalue weighted by Gasteiger charge is -2.37. The molecule has 2 heterocycles. The van der Waals surface area contributed by atoms with Gasteiger partial charge in [-0.25, -0.2) is 4.98 Å². The fraction of sp³-hybridized carbons (Fsp3) is 0.526. The van der Waals surface area contributed by atoms with Crippen LogP contribution in [0.2, 0.25) is 0 Å². The van der Waals surface area contributed by atoms with Crippen LogP contribution in [-0.2, 0) is 11.2 Å². The van der Waals surface area contributed by atoms with Gasteiger partial charge >= 0.3 is 0 Å². The number of benzene rings is 1. The van der Waals surface area contributed by atoms with E-state index in [9.17, 15) is 4.79 Å². The molecule has 0 spiro atoms. The molecule has 0 aliphatic carbocycles. The molecule has 1 aliphatic heterocycles.